The monoisotopic (exact) mass is 464 g/mol. The topological polar surface area (TPSA) is 111 Å². The zero-order valence-electron chi connectivity index (χ0n) is 19.2. The summed E-state index contributed by atoms with van der Waals surface area (Å²) in [6.45, 7) is 4.03. The van der Waals surface area contributed by atoms with E-state index in [9.17, 15) is 14.7 Å². The van der Waals surface area contributed by atoms with Gasteiger partial charge in [-0.05, 0) is 44.2 Å². The van der Waals surface area contributed by atoms with Crippen LogP contribution in [0.2, 0.25) is 0 Å². The Labute approximate surface area is 196 Å². The van der Waals surface area contributed by atoms with Gasteiger partial charge in [0.15, 0.2) is 17.3 Å². The maximum absolute atomic E-state index is 13.3. The van der Waals surface area contributed by atoms with E-state index < -0.39 is 17.7 Å². The van der Waals surface area contributed by atoms with E-state index in [1.165, 1.54) is 19.1 Å². The van der Waals surface area contributed by atoms with Crippen molar-refractivity contribution in [3.63, 3.8) is 0 Å². The van der Waals surface area contributed by atoms with Crippen LogP contribution in [-0.4, -0.2) is 42.8 Å². The number of ketones is 1. The van der Waals surface area contributed by atoms with Gasteiger partial charge in [0.05, 0.1) is 26.4 Å². The normalized spacial score (nSPS) is 17.2. The molecule has 1 N–H and O–H groups in total. The second kappa shape index (κ2) is 9.30. The zero-order chi connectivity index (χ0) is 24.4. The molecule has 1 aliphatic rings. The van der Waals surface area contributed by atoms with Gasteiger partial charge in [0, 0.05) is 17.2 Å². The molecule has 1 aromatic heterocycles. The number of aromatic nitrogens is 1. The SMILES string of the molecule is CCOc1ccc(/C(O)=C2\C(=O)C(=O)N(c3cc(C)on3)[C@@H]2c2cccc(OC)c2OC)cc1. The summed E-state index contributed by atoms with van der Waals surface area (Å²) in [6.07, 6.45) is 0. The molecule has 3 aromatic rings. The van der Waals surface area contributed by atoms with Crippen LogP contribution in [0.5, 0.6) is 17.2 Å². The Morgan fingerprint density at radius 3 is 2.44 bits per heavy atom. The van der Waals surface area contributed by atoms with Crippen molar-refractivity contribution in [2.24, 2.45) is 0 Å². The number of hydrogen-bond donors (Lipinski definition) is 1. The summed E-state index contributed by atoms with van der Waals surface area (Å²) in [5.74, 6) is -0.108. The number of aliphatic hydroxyl groups is 1. The lowest BCUT2D eigenvalue weighted by atomic mass is 9.94. The highest BCUT2D eigenvalue weighted by atomic mass is 16.5. The van der Waals surface area contributed by atoms with Crippen molar-refractivity contribution in [2.75, 3.05) is 25.7 Å². The number of aryl methyl sites for hydroxylation is 1. The standard InChI is InChI=1S/C25H24N2O7/c1-5-33-16-11-9-15(10-12-16)22(28)20-21(17-7-6-8-18(31-3)24(17)32-4)27(25(30)23(20)29)19-13-14(2)34-26-19/h6-13,21,28H,5H2,1-4H3/b22-20+/t21-/m1/s1. The molecule has 1 fully saturated rings. The molecule has 0 radical (unpaired) electrons. The number of rotatable bonds is 7. The first-order valence-corrected chi connectivity index (χ1v) is 10.6. The van der Waals surface area contributed by atoms with E-state index in [-0.39, 0.29) is 17.2 Å². The third-order valence-corrected chi connectivity index (χ3v) is 5.47. The Morgan fingerprint density at radius 1 is 1.12 bits per heavy atom. The van der Waals surface area contributed by atoms with Crippen molar-refractivity contribution in [1.29, 1.82) is 0 Å². The fourth-order valence-electron chi connectivity index (χ4n) is 3.99. The first-order chi connectivity index (χ1) is 16.4. The molecule has 9 nitrogen and oxygen atoms in total. The molecule has 0 saturated carbocycles. The first kappa shape index (κ1) is 22.9. The second-order valence-corrected chi connectivity index (χ2v) is 7.50. The van der Waals surface area contributed by atoms with Crippen LogP contribution in [0.4, 0.5) is 5.82 Å². The van der Waals surface area contributed by atoms with Crippen LogP contribution in [0.1, 0.15) is 29.9 Å². The number of hydrogen-bond acceptors (Lipinski definition) is 8. The smallest absolute Gasteiger partial charge is 0.301 e. The predicted octanol–water partition coefficient (Wildman–Crippen LogP) is 4.03. The van der Waals surface area contributed by atoms with Crippen molar-refractivity contribution >= 4 is 23.3 Å². The molecular formula is C25H24N2O7. The van der Waals surface area contributed by atoms with E-state index in [1.807, 2.05) is 6.92 Å². The molecule has 1 saturated heterocycles. The van der Waals surface area contributed by atoms with Crippen molar-refractivity contribution < 1.29 is 33.4 Å². The number of ether oxygens (including phenoxy) is 3. The van der Waals surface area contributed by atoms with Crippen LogP contribution in [0, 0.1) is 6.92 Å². The lowest BCUT2D eigenvalue weighted by Gasteiger charge is -2.25. The van der Waals surface area contributed by atoms with Gasteiger partial charge < -0.3 is 23.8 Å². The molecule has 0 unspecified atom stereocenters. The Bertz CT molecular complexity index is 1260. The summed E-state index contributed by atoms with van der Waals surface area (Å²) in [7, 11) is 2.94. The number of para-hydroxylation sites is 1. The van der Waals surface area contributed by atoms with E-state index in [1.54, 1.807) is 55.5 Å². The third-order valence-electron chi connectivity index (χ3n) is 5.47. The van der Waals surface area contributed by atoms with Crippen molar-refractivity contribution in [3.8, 4) is 17.2 Å². The number of carbonyl (C=O) groups is 2. The van der Waals surface area contributed by atoms with Gasteiger partial charge in [-0.3, -0.25) is 14.5 Å². The van der Waals surface area contributed by atoms with Crippen LogP contribution in [0.3, 0.4) is 0 Å². The highest BCUT2D eigenvalue weighted by Crippen LogP contribution is 2.47. The van der Waals surface area contributed by atoms with Gasteiger partial charge in [-0.15, -0.1) is 0 Å². The summed E-state index contributed by atoms with van der Waals surface area (Å²) in [6, 6.07) is 12.2. The highest BCUT2D eigenvalue weighted by molar-refractivity contribution is 6.51. The predicted molar refractivity (Wildman–Crippen MR) is 123 cm³/mol. The van der Waals surface area contributed by atoms with E-state index in [4.69, 9.17) is 18.7 Å². The number of aliphatic hydroxyl groups excluding tert-OH is 1. The minimum atomic E-state index is -1.04. The van der Waals surface area contributed by atoms with Crippen molar-refractivity contribution in [1.82, 2.24) is 5.16 Å². The van der Waals surface area contributed by atoms with Gasteiger partial charge in [0.25, 0.3) is 5.78 Å². The molecule has 0 bridgehead atoms. The summed E-state index contributed by atoms with van der Waals surface area (Å²) < 4.78 is 21.6. The Hall–Kier alpha value is -4.27. The average molecular weight is 464 g/mol. The molecule has 34 heavy (non-hydrogen) atoms. The van der Waals surface area contributed by atoms with Crippen LogP contribution in [-0.2, 0) is 9.59 Å². The van der Waals surface area contributed by atoms with E-state index in [2.05, 4.69) is 5.16 Å². The largest absolute Gasteiger partial charge is 0.507 e. The number of methoxy groups -OCH3 is 2. The average Bonchev–Trinajstić information content (AvgIpc) is 3.39. The molecule has 2 aromatic carbocycles. The van der Waals surface area contributed by atoms with Crippen LogP contribution >= 0.6 is 0 Å². The van der Waals surface area contributed by atoms with Crippen LogP contribution in [0.15, 0.2) is 58.6 Å². The lowest BCUT2D eigenvalue weighted by Crippen LogP contribution is -2.30. The molecule has 9 heteroatoms. The van der Waals surface area contributed by atoms with Crippen molar-refractivity contribution in [2.45, 2.75) is 19.9 Å². The molecule has 4 rings (SSSR count). The third kappa shape index (κ3) is 3.85. The summed E-state index contributed by atoms with van der Waals surface area (Å²) >= 11 is 0. The molecule has 1 aliphatic heterocycles. The van der Waals surface area contributed by atoms with Crippen LogP contribution in [0.25, 0.3) is 5.76 Å². The van der Waals surface area contributed by atoms with Gasteiger partial charge in [-0.1, -0.05) is 17.3 Å². The molecule has 0 aliphatic carbocycles. The number of anilines is 1. The van der Waals surface area contributed by atoms with Gasteiger partial charge >= 0.3 is 5.91 Å². The minimum absolute atomic E-state index is 0.110. The Balaban J connectivity index is 1.95. The number of nitrogens with zero attached hydrogens (tertiary/aromatic N) is 2. The minimum Gasteiger partial charge on any atom is -0.507 e. The Morgan fingerprint density at radius 2 is 1.85 bits per heavy atom. The van der Waals surface area contributed by atoms with Crippen molar-refractivity contribution in [3.05, 3.63) is 71.0 Å². The number of Topliss-reactive ketones (excluding diaryl/α,β-unsaturated/α-hetero) is 1. The molecule has 1 atom stereocenters. The summed E-state index contributed by atoms with van der Waals surface area (Å²) in [5.41, 5.74) is 0.681. The molecule has 1 amide bonds. The second-order valence-electron chi connectivity index (χ2n) is 7.50. The summed E-state index contributed by atoms with van der Waals surface area (Å²) in [4.78, 5) is 27.6. The van der Waals surface area contributed by atoms with E-state index in [0.29, 0.717) is 40.7 Å². The van der Waals surface area contributed by atoms with Gasteiger partial charge in [0.1, 0.15) is 23.3 Å². The van der Waals surface area contributed by atoms with E-state index in [0.717, 1.165) is 0 Å². The summed E-state index contributed by atoms with van der Waals surface area (Å²) in [5, 5.41) is 15.2. The maximum Gasteiger partial charge on any atom is 0.301 e. The highest BCUT2D eigenvalue weighted by Gasteiger charge is 2.49. The molecule has 0 spiro atoms. The molecular weight excluding hydrogens is 440 g/mol. The first-order valence-electron chi connectivity index (χ1n) is 10.6. The molecule has 2 heterocycles. The fraction of sp³-hybridized carbons (Fsp3) is 0.240. The quantitative estimate of drug-likeness (QED) is 0.317. The van der Waals surface area contributed by atoms with E-state index >= 15 is 0 Å². The lowest BCUT2D eigenvalue weighted by molar-refractivity contribution is -0.132. The maximum atomic E-state index is 13.3. The number of amides is 1. The zero-order valence-corrected chi connectivity index (χ0v) is 19.2. The van der Waals surface area contributed by atoms with Gasteiger partial charge in [0.2, 0.25) is 0 Å². The van der Waals surface area contributed by atoms with Crippen LogP contribution < -0.4 is 19.1 Å². The number of carbonyl (C=O) groups excluding carboxylic acids is 2. The Kier molecular flexibility index (Phi) is 6.27. The number of benzene rings is 2. The van der Waals surface area contributed by atoms with Gasteiger partial charge in [-0.25, -0.2) is 0 Å². The fourth-order valence-corrected chi connectivity index (χ4v) is 3.99. The molecule has 176 valence electrons. The van der Waals surface area contributed by atoms with Gasteiger partial charge in [-0.2, -0.15) is 0 Å².